The average molecular weight is 331 g/mol. The Morgan fingerprint density at radius 3 is 2.61 bits per heavy atom. The predicted molar refractivity (Wildman–Crippen MR) is 88.2 cm³/mol. The molecule has 0 N–H and O–H groups in total. The van der Waals surface area contributed by atoms with Crippen molar-refractivity contribution in [3.8, 4) is 5.75 Å². The van der Waals surface area contributed by atoms with Crippen LogP contribution in [0.15, 0.2) is 42.7 Å². The molecule has 23 heavy (non-hydrogen) atoms. The number of halogens is 1. The molecule has 0 radical (unpaired) electrons. The van der Waals surface area contributed by atoms with Gasteiger partial charge in [0.25, 0.3) is 0 Å². The highest BCUT2D eigenvalue weighted by atomic mass is 35.5. The Labute approximate surface area is 138 Å². The van der Waals surface area contributed by atoms with Crippen LogP contribution in [0, 0.1) is 0 Å². The second-order valence-corrected chi connectivity index (χ2v) is 5.37. The molecule has 0 fully saturated rings. The summed E-state index contributed by atoms with van der Waals surface area (Å²) in [6.07, 6.45) is 3.33. The number of hydrogen-bond acceptors (Lipinski definition) is 4. The summed E-state index contributed by atoms with van der Waals surface area (Å²) in [6.45, 7) is 0.595. The van der Waals surface area contributed by atoms with E-state index in [1.54, 1.807) is 7.11 Å². The fraction of sp³-hybridized carbons (Fsp3) is 0.176. The highest BCUT2D eigenvalue weighted by Crippen LogP contribution is 2.27. The SMILES string of the molecule is COC(=O)c1cnc(Cl)c2ccn(Cc3ccc(OC)cc3)c12. The van der Waals surface area contributed by atoms with Gasteiger partial charge in [0.2, 0.25) is 0 Å². The van der Waals surface area contributed by atoms with Gasteiger partial charge in [-0.05, 0) is 23.8 Å². The van der Waals surface area contributed by atoms with Gasteiger partial charge in [0.15, 0.2) is 0 Å². The normalized spacial score (nSPS) is 10.7. The van der Waals surface area contributed by atoms with E-state index in [-0.39, 0.29) is 0 Å². The summed E-state index contributed by atoms with van der Waals surface area (Å²) in [5, 5.41) is 1.09. The molecule has 3 rings (SSSR count). The highest BCUT2D eigenvalue weighted by Gasteiger charge is 2.17. The number of carbonyl (C=O) groups is 1. The van der Waals surface area contributed by atoms with Crippen LogP contribution in [-0.4, -0.2) is 29.7 Å². The molecule has 118 valence electrons. The van der Waals surface area contributed by atoms with Gasteiger partial charge in [-0.1, -0.05) is 23.7 Å². The van der Waals surface area contributed by atoms with Crippen molar-refractivity contribution in [3.05, 3.63) is 59.0 Å². The Kier molecular flexibility index (Phi) is 4.21. The average Bonchev–Trinajstić information content (AvgIpc) is 3.00. The Morgan fingerprint density at radius 1 is 1.22 bits per heavy atom. The quantitative estimate of drug-likeness (QED) is 0.542. The maximum absolute atomic E-state index is 12.0. The number of pyridine rings is 1. The van der Waals surface area contributed by atoms with Crippen LogP contribution in [-0.2, 0) is 11.3 Å². The number of hydrogen-bond donors (Lipinski definition) is 0. The molecule has 0 aliphatic heterocycles. The van der Waals surface area contributed by atoms with E-state index in [1.165, 1.54) is 13.3 Å². The van der Waals surface area contributed by atoms with Gasteiger partial charge in [0.05, 0.1) is 19.7 Å². The summed E-state index contributed by atoms with van der Waals surface area (Å²) >= 11 is 6.14. The zero-order chi connectivity index (χ0) is 16.4. The van der Waals surface area contributed by atoms with Crippen molar-refractivity contribution in [3.63, 3.8) is 0 Å². The zero-order valence-corrected chi connectivity index (χ0v) is 13.5. The molecule has 6 heteroatoms. The number of rotatable bonds is 4. The third kappa shape index (κ3) is 2.87. The number of fused-ring (bicyclic) bond motifs is 1. The van der Waals surface area contributed by atoms with E-state index in [2.05, 4.69) is 4.98 Å². The first-order valence-electron chi connectivity index (χ1n) is 6.98. The molecule has 0 amide bonds. The van der Waals surface area contributed by atoms with Crippen molar-refractivity contribution < 1.29 is 14.3 Å². The van der Waals surface area contributed by atoms with Crippen molar-refractivity contribution in [1.82, 2.24) is 9.55 Å². The molecule has 0 aliphatic rings. The minimum absolute atomic E-state index is 0.362. The molecule has 3 aromatic rings. The summed E-state index contributed by atoms with van der Waals surface area (Å²) in [4.78, 5) is 16.0. The molecule has 2 aromatic heterocycles. The zero-order valence-electron chi connectivity index (χ0n) is 12.7. The lowest BCUT2D eigenvalue weighted by Gasteiger charge is -2.10. The van der Waals surface area contributed by atoms with Crippen molar-refractivity contribution >= 4 is 28.5 Å². The van der Waals surface area contributed by atoms with Crippen LogP contribution in [0.2, 0.25) is 5.15 Å². The van der Waals surface area contributed by atoms with Gasteiger partial charge in [-0.3, -0.25) is 0 Å². The van der Waals surface area contributed by atoms with Gasteiger partial charge >= 0.3 is 5.97 Å². The van der Waals surface area contributed by atoms with Crippen LogP contribution >= 0.6 is 11.6 Å². The third-order valence-corrected chi connectivity index (χ3v) is 3.97. The van der Waals surface area contributed by atoms with Gasteiger partial charge in [0, 0.05) is 24.3 Å². The highest BCUT2D eigenvalue weighted by molar-refractivity contribution is 6.34. The number of methoxy groups -OCH3 is 2. The largest absolute Gasteiger partial charge is 0.497 e. The smallest absolute Gasteiger partial charge is 0.341 e. The summed E-state index contributed by atoms with van der Waals surface area (Å²) in [7, 11) is 2.98. The van der Waals surface area contributed by atoms with Crippen LogP contribution < -0.4 is 4.74 Å². The van der Waals surface area contributed by atoms with Crippen LogP contribution in [0.25, 0.3) is 10.9 Å². The number of benzene rings is 1. The summed E-state index contributed by atoms with van der Waals surface area (Å²) < 4.78 is 12.0. The van der Waals surface area contributed by atoms with Gasteiger partial charge in [-0.15, -0.1) is 0 Å². The molecular formula is C17H15ClN2O3. The molecule has 0 bridgehead atoms. The lowest BCUT2D eigenvalue weighted by molar-refractivity contribution is 0.0602. The number of nitrogens with zero attached hydrogens (tertiary/aromatic N) is 2. The second-order valence-electron chi connectivity index (χ2n) is 5.01. The Bertz CT molecular complexity index is 856. The number of esters is 1. The maximum Gasteiger partial charge on any atom is 0.341 e. The van der Waals surface area contributed by atoms with Crippen LogP contribution in [0.5, 0.6) is 5.75 Å². The minimum atomic E-state index is -0.436. The maximum atomic E-state index is 12.0. The minimum Gasteiger partial charge on any atom is -0.497 e. The number of aromatic nitrogens is 2. The molecule has 0 unspecified atom stereocenters. The lowest BCUT2D eigenvalue weighted by Crippen LogP contribution is -2.07. The van der Waals surface area contributed by atoms with Gasteiger partial charge < -0.3 is 14.0 Å². The Hall–Kier alpha value is -2.53. The third-order valence-electron chi connectivity index (χ3n) is 3.67. The van der Waals surface area contributed by atoms with Crippen molar-refractivity contribution in [2.45, 2.75) is 6.54 Å². The van der Waals surface area contributed by atoms with Crippen molar-refractivity contribution in [1.29, 1.82) is 0 Å². The molecule has 0 atom stereocenters. The van der Waals surface area contributed by atoms with E-state index in [0.717, 1.165) is 16.7 Å². The first-order chi connectivity index (χ1) is 11.1. The first kappa shape index (κ1) is 15.4. The predicted octanol–water partition coefficient (Wildman–Crippen LogP) is 3.53. The van der Waals surface area contributed by atoms with Gasteiger partial charge in [-0.25, -0.2) is 9.78 Å². The van der Waals surface area contributed by atoms with E-state index in [0.29, 0.717) is 22.8 Å². The van der Waals surface area contributed by atoms with Gasteiger partial charge in [0.1, 0.15) is 16.5 Å². The topological polar surface area (TPSA) is 53.3 Å². The molecule has 0 aliphatic carbocycles. The molecular weight excluding hydrogens is 316 g/mol. The van der Waals surface area contributed by atoms with E-state index in [4.69, 9.17) is 21.1 Å². The summed E-state index contributed by atoms with van der Waals surface area (Å²) in [5.41, 5.74) is 2.19. The molecule has 0 spiro atoms. The van der Waals surface area contributed by atoms with Crippen LogP contribution in [0.4, 0.5) is 0 Å². The summed E-state index contributed by atoms with van der Waals surface area (Å²) in [6, 6.07) is 9.60. The van der Waals surface area contributed by atoms with Crippen LogP contribution in [0.3, 0.4) is 0 Å². The Morgan fingerprint density at radius 2 is 1.96 bits per heavy atom. The van der Waals surface area contributed by atoms with E-state index in [1.807, 2.05) is 41.1 Å². The number of ether oxygens (including phenoxy) is 2. The molecule has 5 nitrogen and oxygen atoms in total. The number of carbonyl (C=O) groups excluding carboxylic acids is 1. The molecule has 2 heterocycles. The van der Waals surface area contributed by atoms with Crippen molar-refractivity contribution in [2.75, 3.05) is 14.2 Å². The fourth-order valence-corrected chi connectivity index (χ4v) is 2.71. The first-order valence-corrected chi connectivity index (χ1v) is 7.36. The van der Waals surface area contributed by atoms with E-state index >= 15 is 0 Å². The standard InChI is InChI=1S/C17H15ClN2O3/c1-22-12-5-3-11(4-6-12)10-20-8-7-13-15(20)14(17(21)23-2)9-19-16(13)18/h3-9H,10H2,1-2H3. The monoisotopic (exact) mass is 330 g/mol. The lowest BCUT2D eigenvalue weighted by atomic mass is 10.2. The second kappa shape index (κ2) is 6.30. The van der Waals surface area contributed by atoms with Crippen LogP contribution in [0.1, 0.15) is 15.9 Å². The Balaban J connectivity index is 2.06. The molecule has 1 aromatic carbocycles. The molecule has 0 saturated heterocycles. The van der Waals surface area contributed by atoms with Crippen molar-refractivity contribution in [2.24, 2.45) is 0 Å². The van der Waals surface area contributed by atoms with Gasteiger partial charge in [-0.2, -0.15) is 0 Å². The van der Waals surface area contributed by atoms with E-state index in [9.17, 15) is 4.79 Å². The van der Waals surface area contributed by atoms with E-state index < -0.39 is 5.97 Å². The summed E-state index contributed by atoms with van der Waals surface area (Å²) in [5.74, 6) is 0.363. The fourth-order valence-electron chi connectivity index (χ4n) is 2.51. The molecule has 0 saturated carbocycles.